The minimum Gasteiger partial charge on any atom is -0.343 e. The number of aromatic amines is 1. The van der Waals surface area contributed by atoms with Crippen LogP contribution in [0.4, 0.5) is 0 Å². The molecule has 1 N–H and O–H groups in total. The van der Waals surface area contributed by atoms with Crippen LogP contribution in [0.1, 0.15) is 5.82 Å². The number of hydrogen-bond donors (Lipinski definition) is 2. The van der Waals surface area contributed by atoms with Gasteiger partial charge >= 0.3 is 0 Å². The Morgan fingerprint density at radius 3 is 2.88 bits per heavy atom. The van der Waals surface area contributed by atoms with E-state index in [1.165, 1.54) is 0 Å². The summed E-state index contributed by atoms with van der Waals surface area (Å²) in [5.74, 6) is 0.656. The molecule has 0 aromatic carbocycles. The van der Waals surface area contributed by atoms with Gasteiger partial charge in [0.1, 0.15) is 4.20 Å². The summed E-state index contributed by atoms with van der Waals surface area (Å²) in [6.45, 7) is 0. The molecule has 0 saturated carbocycles. The van der Waals surface area contributed by atoms with Crippen molar-refractivity contribution in [3.63, 3.8) is 0 Å². The van der Waals surface area contributed by atoms with Gasteiger partial charge in [-0.15, -0.1) is 12.6 Å². The SMILES string of the molecule is S=C(S)c1ncc[nH]1. The Morgan fingerprint density at radius 1 is 1.88 bits per heavy atom. The lowest BCUT2D eigenvalue weighted by Gasteiger charge is -1.82. The zero-order valence-corrected chi connectivity index (χ0v) is 5.67. The Labute approximate surface area is 57.7 Å². The second kappa shape index (κ2) is 2.28. The summed E-state index contributed by atoms with van der Waals surface area (Å²) in [6.07, 6.45) is 3.34. The van der Waals surface area contributed by atoms with Crippen molar-refractivity contribution in [2.75, 3.05) is 0 Å². The first-order chi connectivity index (χ1) is 3.80. The fourth-order valence-electron chi connectivity index (χ4n) is 0.382. The van der Waals surface area contributed by atoms with Crippen LogP contribution < -0.4 is 0 Å². The summed E-state index contributed by atoms with van der Waals surface area (Å²) in [4.78, 5) is 6.65. The second-order valence-corrected chi connectivity index (χ2v) is 2.40. The minimum atomic E-state index is 0.495. The fourth-order valence-corrected chi connectivity index (χ4v) is 0.616. The molecule has 0 atom stereocenters. The van der Waals surface area contributed by atoms with Crippen LogP contribution in [0.2, 0.25) is 0 Å². The monoisotopic (exact) mass is 144 g/mol. The highest BCUT2D eigenvalue weighted by Crippen LogP contribution is 1.94. The summed E-state index contributed by atoms with van der Waals surface area (Å²) in [7, 11) is 0. The summed E-state index contributed by atoms with van der Waals surface area (Å²) >= 11 is 8.58. The molecule has 1 aromatic heterocycles. The van der Waals surface area contributed by atoms with Gasteiger partial charge in [-0.2, -0.15) is 0 Å². The van der Waals surface area contributed by atoms with Gasteiger partial charge in [-0.05, 0) is 0 Å². The van der Waals surface area contributed by atoms with Gasteiger partial charge in [0.25, 0.3) is 0 Å². The van der Waals surface area contributed by atoms with E-state index in [4.69, 9.17) is 0 Å². The Bertz CT molecular complexity index is 180. The summed E-state index contributed by atoms with van der Waals surface area (Å²) in [5.41, 5.74) is 0. The molecule has 0 aliphatic carbocycles. The van der Waals surface area contributed by atoms with Gasteiger partial charge in [0.15, 0.2) is 5.82 Å². The zero-order valence-electron chi connectivity index (χ0n) is 3.96. The number of rotatable bonds is 1. The van der Waals surface area contributed by atoms with E-state index in [1.807, 2.05) is 0 Å². The minimum absolute atomic E-state index is 0.495. The van der Waals surface area contributed by atoms with E-state index in [-0.39, 0.29) is 0 Å². The number of H-pyrrole nitrogens is 1. The topological polar surface area (TPSA) is 28.7 Å². The van der Waals surface area contributed by atoms with Crippen LogP contribution in [0.3, 0.4) is 0 Å². The molecule has 0 bridgehead atoms. The first-order valence-corrected chi connectivity index (χ1v) is 2.89. The van der Waals surface area contributed by atoms with Gasteiger partial charge < -0.3 is 4.98 Å². The van der Waals surface area contributed by atoms with E-state index in [0.29, 0.717) is 10.0 Å². The highest BCUT2D eigenvalue weighted by atomic mass is 32.1. The highest BCUT2D eigenvalue weighted by molar-refractivity contribution is 8.11. The molecule has 0 fully saturated rings. The Balaban J connectivity index is 2.93. The van der Waals surface area contributed by atoms with E-state index >= 15 is 0 Å². The molecule has 1 aromatic rings. The smallest absolute Gasteiger partial charge is 0.154 e. The maximum absolute atomic E-state index is 4.69. The molecule has 0 aliphatic rings. The molecule has 0 radical (unpaired) electrons. The molecule has 0 spiro atoms. The third-order valence-electron chi connectivity index (χ3n) is 0.701. The summed E-state index contributed by atoms with van der Waals surface area (Å²) < 4.78 is 0.495. The lowest BCUT2D eigenvalue weighted by atomic mass is 10.7. The zero-order chi connectivity index (χ0) is 5.98. The molecule has 0 saturated heterocycles. The first kappa shape index (κ1) is 5.78. The molecule has 42 valence electrons. The highest BCUT2D eigenvalue weighted by Gasteiger charge is 1.93. The van der Waals surface area contributed by atoms with E-state index < -0.39 is 0 Å². The van der Waals surface area contributed by atoms with Crippen LogP contribution in [0, 0.1) is 0 Å². The standard InChI is InChI=1S/C4H4N2S2/c7-4(8)3-5-1-2-6-3/h1-2H,(H,5,6)(H,7,8). The molecular weight excluding hydrogens is 140 g/mol. The predicted octanol–water partition coefficient (Wildman–Crippen LogP) is 1.01. The van der Waals surface area contributed by atoms with Gasteiger partial charge in [0, 0.05) is 12.4 Å². The third-order valence-corrected chi connectivity index (χ3v) is 1.11. The maximum atomic E-state index is 4.69. The molecule has 0 amide bonds. The van der Waals surface area contributed by atoms with Crippen LogP contribution in [-0.2, 0) is 0 Å². The molecule has 0 aliphatic heterocycles. The molecule has 4 heteroatoms. The summed E-state index contributed by atoms with van der Waals surface area (Å²) in [6, 6.07) is 0. The van der Waals surface area contributed by atoms with Gasteiger partial charge in [-0.25, -0.2) is 4.98 Å². The number of nitrogens with zero attached hydrogens (tertiary/aromatic N) is 1. The normalized spacial score (nSPS) is 9.12. The third kappa shape index (κ3) is 1.08. The number of aromatic nitrogens is 2. The van der Waals surface area contributed by atoms with E-state index in [2.05, 4.69) is 34.8 Å². The number of thiol groups is 1. The van der Waals surface area contributed by atoms with Gasteiger partial charge in [-0.1, -0.05) is 12.2 Å². The fraction of sp³-hybridized carbons (Fsp3) is 0. The quantitative estimate of drug-likeness (QED) is 0.455. The van der Waals surface area contributed by atoms with Crippen molar-refractivity contribution in [2.24, 2.45) is 0 Å². The number of hydrogen-bond acceptors (Lipinski definition) is 2. The number of imidazole rings is 1. The van der Waals surface area contributed by atoms with Crippen LogP contribution in [-0.4, -0.2) is 14.2 Å². The van der Waals surface area contributed by atoms with Crippen molar-refractivity contribution in [2.45, 2.75) is 0 Å². The van der Waals surface area contributed by atoms with Gasteiger partial charge in [0.05, 0.1) is 0 Å². The number of thiocarbonyl (C=S) groups is 1. The van der Waals surface area contributed by atoms with Crippen molar-refractivity contribution >= 4 is 29.0 Å². The molecular formula is C4H4N2S2. The van der Waals surface area contributed by atoms with Crippen molar-refractivity contribution in [1.82, 2.24) is 9.97 Å². The van der Waals surface area contributed by atoms with Crippen LogP contribution in [0.15, 0.2) is 12.4 Å². The van der Waals surface area contributed by atoms with E-state index in [0.717, 1.165) is 0 Å². The van der Waals surface area contributed by atoms with E-state index in [1.54, 1.807) is 12.4 Å². The predicted molar refractivity (Wildman–Crippen MR) is 39.3 cm³/mol. The average Bonchev–Trinajstić information content (AvgIpc) is 2.12. The van der Waals surface area contributed by atoms with Crippen molar-refractivity contribution in [1.29, 1.82) is 0 Å². The lowest BCUT2D eigenvalue weighted by molar-refractivity contribution is 1.28. The molecule has 1 heterocycles. The first-order valence-electron chi connectivity index (χ1n) is 2.03. The molecule has 1 rings (SSSR count). The Hall–Kier alpha value is -0.350. The van der Waals surface area contributed by atoms with Crippen LogP contribution >= 0.6 is 24.8 Å². The maximum Gasteiger partial charge on any atom is 0.154 e. The molecule has 0 unspecified atom stereocenters. The van der Waals surface area contributed by atoms with Crippen molar-refractivity contribution < 1.29 is 0 Å². The van der Waals surface area contributed by atoms with Crippen LogP contribution in [0.5, 0.6) is 0 Å². The lowest BCUT2D eigenvalue weighted by Crippen LogP contribution is -1.87. The second-order valence-electron chi connectivity index (χ2n) is 1.24. The van der Waals surface area contributed by atoms with Crippen molar-refractivity contribution in [3.05, 3.63) is 18.2 Å². The van der Waals surface area contributed by atoms with Crippen LogP contribution in [0.25, 0.3) is 0 Å². The molecule has 2 nitrogen and oxygen atoms in total. The van der Waals surface area contributed by atoms with Gasteiger partial charge in [-0.3, -0.25) is 0 Å². The van der Waals surface area contributed by atoms with Gasteiger partial charge in [0.2, 0.25) is 0 Å². The Morgan fingerprint density at radius 2 is 2.62 bits per heavy atom. The molecule has 8 heavy (non-hydrogen) atoms. The Kier molecular flexibility index (Phi) is 1.65. The van der Waals surface area contributed by atoms with E-state index in [9.17, 15) is 0 Å². The van der Waals surface area contributed by atoms with Crippen molar-refractivity contribution in [3.8, 4) is 0 Å². The average molecular weight is 144 g/mol. The largest absolute Gasteiger partial charge is 0.343 e. The number of nitrogens with one attached hydrogen (secondary N) is 1. The summed E-state index contributed by atoms with van der Waals surface area (Å²) in [5, 5.41) is 0.